The SMILES string of the molecule is COc1cc2c(cc1O)C(CCCO)C#CC1(CCC(CCCCC3CCC(=O)CC3)CC1O)C(=O)CC2. The lowest BCUT2D eigenvalue weighted by atomic mass is 9.64. The summed E-state index contributed by atoms with van der Waals surface area (Å²) >= 11 is 0. The number of aliphatic hydroxyl groups is 2. The number of Topliss-reactive ketones (excluding diaryl/α,β-unsaturated/α-hetero) is 2. The first-order chi connectivity index (χ1) is 18.4. The number of fused-ring (bicyclic) bond motifs is 1. The number of benzene rings is 1. The Hall–Kier alpha value is -2.36. The van der Waals surface area contributed by atoms with E-state index in [2.05, 4.69) is 11.8 Å². The molecule has 0 aliphatic heterocycles. The van der Waals surface area contributed by atoms with Crippen LogP contribution < -0.4 is 4.74 Å². The van der Waals surface area contributed by atoms with E-state index >= 15 is 0 Å². The summed E-state index contributed by atoms with van der Waals surface area (Å²) in [6, 6.07) is 3.48. The Morgan fingerprint density at radius 1 is 0.974 bits per heavy atom. The van der Waals surface area contributed by atoms with Crippen LogP contribution in [-0.2, 0) is 16.0 Å². The average molecular weight is 525 g/mol. The second kappa shape index (κ2) is 13.1. The molecular weight excluding hydrogens is 480 g/mol. The van der Waals surface area contributed by atoms with Crippen LogP contribution in [0.5, 0.6) is 11.5 Å². The Kier molecular flexibility index (Phi) is 9.90. The van der Waals surface area contributed by atoms with Crippen LogP contribution in [0.2, 0.25) is 0 Å². The summed E-state index contributed by atoms with van der Waals surface area (Å²) < 4.78 is 5.31. The van der Waals surface area contributed by atoms with Gasteiger partial charge in [-0.2, -0.15) is 0 Å². The second-order valence-electron chi connectivity index (χ2n) is 11.7. The van der Waals surface area contributed by atoms with Crippen molar-refractivity contribution in [3.05, 3.63) is 23.3 Å². The third kappa shape index (κ3) is 6.61. The minimum atomic E-state index is -1.04. The number of rotatable bonds is 9. The van der Waals surface area contributed by atoms with Crippen molar-refractivity contribution in [2.45, 2.75) is 108 Å². The summed E-state index contributed by atoms with van der Waals surface area (Å²) in [5, 5.41) is 31.3. The predicted molar refractivity (Wildman–Crippen MR) is 146 cm³/mol. The van der Waals surface area contributed by atoms with E-state index in [0.29, 0.717) is 55.5 Å². The first-order valence-corrected chi connectivity index (χ1v) is 14.6. The number of hydrogen-bond acceptors (Lipinski definition) is 6. The molecule has 2 saturated carbocycles. The molecule has 1 aromatic rings. The quantitative estimate of drug-likeness (QED) is 0.301. The normalized spacial score (nSPS) is 28.1. The van der Waals surface area contributed by atoms with Crippen molar-refractivity contribution < 1.29 is 29.6 Å². The zero-order chi connectivity index (χ0) is 27.1. The molecule has 3 N–H and O–H groups in total. The average Bonchev–Trinajstić information content (AvgIpc) is 2.96. The van der Waals surface area contributed by atoms with Crippen LogP contribution in [0.1, 0.15) is 107 Å². The van der Waals surface area contributed by atoms with Crippen LogP contribution in [0.4, 0.5) is 0 Å². The van der Waals surface area contributed by atoms with Crippen molar-refractivity contribution in [2.75, 3.05) is 13.7 Å². The summed E-state index contributed by atoms with van der Waals surface area (Å²) in [6.45, 7) is 0.0445. The zero-order valence-corrected chi connectivity index (χ0v) is 22.8. The first kappa shape index (κ1) is 28.6. The molecule has 0 saturated heterocycles. The molecule has 3 aliphatic carbocycles. The van der Waals surface area contributed by atoms with Gasteiger partial charge in [0, 0.05) is 31.8 Å². The van der Waals surface area contributed by atoms with Crippen LogP contribution in [0.15, 0.2) is 12.1 Å². The molecule has 0 bridgehead atoms. The number of unbranched alkanes of at least 4 members (excludes halogenated alkanes) is 1. The molecule has 0 aromatic heterocycles. The highest BCUT2D eigenvalue weighted by Gasteiger charge is 2.47. The number of aliphatic hydroxyl groups excluding tert-OH is 2. The van der Waals surface area contributed by atoms with Gasteiger partial charge in [0.2, 0.25) is 0 Å². The van der Waals surface area contributed by atoms with Gasteiger partial charge in [0.1, 0.15) is 11.2 Å². The number of phenolic OH excluding ortho intramolecular Hbond substituents is 1. The number of ketones is 2. The highest BCUT2D eigenvalue weighted by Crippen LogP contribution is 2.44. The fourth-order valence-corrected chi connectivity index (χ4v) is 6.81. The number of aryl methyl sites for hydroxylation is 1. The van der Waals surface area contributed by atoms with E-state index in [1.54, 1.807) is 12.1 Å². The van der Waals surface area contributed by atoms with E-state index in [1.807, 2.05) is 0 Å². The minimum absolute atomic E-state index is 0.00333. The molecule has 0 amide bonds. The second-order valence-corrected chi connectivity index (χ2v) is 11.7. The number of aromatic hydroxyl groups is 1. The maximum Gasteiger partial charge on any atom is 0.160 e. The van der Waals surface area contributed by atoms with Crippen molar-refractivity contribution in [3.8, 4) is 23.3 Å². The third-order valence-electron chi connectivity index (χ3n) is 9.27. The van der Waals surface area contributed by atoms with Gasteiger partial charge < -0.3 is 20.1 Å². The van der Waals surface area contributed by atoms with Crippen LogP contribution in [0, 0.1) is 29.1 Å². The van der Waals surface area contributed by atoms with Gasteiger partial charge in [-0.25, -0.2) is 0 Å². The number of hydrogen-bond donors (Lipinski definition) is 3. The van der Waals surface area contributed by atoms with Crippen LogP contribution in [0.25, 0.3) is 0 Å². The molecule has 0 heterocycles. The zero-order valence-electron chi connectivity index (χ0n) is 22.8. The standard InChI is InChI=1S/C32H44O6/c1-38-29-20-25-10-13-30(36)32(17-15-24(7-4-18-33)27(25)21-28(29)35)16-14-23(19-31(32)37)6-3-2-5-22-8-11-26(34)12-9-22/h20-24,31,33,35,37H,2-14,16,18-19H2,1H3. The molecular formula is C32H44O6. The molecule has 4 atom stereocenters. The topological polar surface area (TPSA) is 104 Å². The molecule has 3 aliphatic rings. The molecule has 38 heavy (non-hydrogen) atoms. The maximum atomic E-state index is 13.6. The smallest absolute Gasteiger partial charge is 0.160 e. The Balaban J connectivity index is 1.43. The van der Waals surface area contributed by atoms with Crippen LogP contribution in [-0.4, -0.2) is 46.7 Å². The number of methoxy groups -OCH3 is 1. The van der Waals surface area contributed by atoms with Crippen molar-refractivity contribution in [1.29, 1.82) is 0 Å². The molecule has 1 spiro atoms. The number of carbonyl (C=O) groups is 2. The Morgan fingerprint density at radius 2 is 1.71 bits per heavy atom. The molecule has 2 fully saturated rings. The maximum absolute atomic E-state index is 13.6. The molecule has 0 radical (unpaired) electrons. The van der Waals surface area contributed by atoms with Gasteiger partial charge in [-0.3, -0.25) is 9.59 Å². The molecule has 4 unspecified atom stereocenters. The fourth-order valence-electron chi connectivity index (χ4n) is 6.81. The van der Waals surface area contributed by atoms with Crippen LogP contribution in [0.3, 0.4) is 0 Å². The number of phenols is 1. The molecule has 6 nitrogen and oxygen atoms in total. The fraction of sp³-hybridized carbons (Fsp3) is 0.688. The van der Waals surface area contributed by atoms with E-state index in [4.69, 9.17) is 4.74 Å². The van der Waals surface area contributed by atoms with Gasteiger partial charge in [0.05, 0.1) is 13.2 Å². The number of carbonyl (C=O) groups excluding carboxylic acids is 2. The summed E-state index contributed by atoms with van der Waals surface area (Å²) in [6.07, 6.45) is 11.3. The summed E-state index contributed by atoms with van der Waals surface area (Å²) in [5.41, 5.74) is 0.754. The lowest BCUT2D eigenvalue weighted by Crippen LogP contribution is -2.46. The van der Waals surface area contributed by atoms with E-state index in [9.17, 15) is 24.9 Å². The van der Waals surface area contributed by atoms with Gasteiger partial charge in [-0.05, 0) is 86.5 Å². The van der Waals surface area contributed by atoms with Crippen molar-refractivity contribution in [3.63, 3.8) is 0 Å². The predicted octanol–water partition coefficient (Wildman–Crippen LogP) is 5.24. The molecule has 6 heteroatoms. The lowest BCUT2D eigenvalue weighted by Gasteiger charge is -2.40. The van der Waals surface area contributed by atoms with Gasteiger partial charge in [-0.15, -0.1) is 0 Å². The summed E-state index contributed by atoms with van der Waals surface area (Å²) in [4.78, 5) is 25.1. The lowest BCUT2D eigenvalue weighted by molar-refractivity contribution is -0.134. The first-order valence-electron chi connectivity index (χ1n) is 14.6. The van der Waals surface area contributed by atoms with E-state index in [1.165, 1.54) is 13.5 Å². The Bertz CT molecular complexity index is 1040. The Labute approximate surface area is 227 Å². The molecule has 4 rings (SSSR count). The molecule has 208 valence electrons. The molecule has 1 aromatic carbocycles. The third-order valence-corrected chi connectivity index (χ3v) is 9.27. The highest BCUT2D eigenvalue weighted by molar-refractivity contribution is 5.89. The van der Waals surface area contributed by atoms with E-state index < -0.39 is 11.5 Å². The summed E-state index contributed by atoms with van der Waals surface area (Å²) in [5.74, 6) is 8.29. The van der Waals surface area contributed by atoms with Crippen molar-refractivity contribution >= 4 is 11.6 Å². The van der Waals surface area contributed by atoms with Gasteiger partial charge in [0.25, 0.3) is 0 Å². The van der Waals surface area contributed by atoms with E-state index in [0.717, 1.165) is 62.5 Å². The van der Waals surface area contributed by atoms with Gasteiger partial charge >= 0.3 is 0 Å². The van der Waals surface area contributed by atoms with Gasteiger partial charge in [-0.1, -0.05) is 37.5 Å². The Morgan fingerprint density at radius 3 is 2.39 bits per heavy atom. The van der Waals surface area contributed by atoms with Gasteiger partial charge in [0.15, 0.2) is 17.3 Å². The largest absolute Gasteiger partial charge is 0.504 e. The highest BCUT2D eigenvalue weighted by atomic mass is 16.5. The van der Waals surface area contributed by atoms with E-state index in [-0.39, 0.29) is 30.5 Å². The van der Waals surface area contributed by atoms with Crippen molar-refractivity contribution in [1.82, 2.24) is 0 Å². The minimum Gasteiger partial charge on any atom is -0.504 e. The number of ether oxygens (including phenoxy) is 1. The van der Waals surface area contributed by atoms with Crippen molar-refractivity contribution in [2.24, 2.45) is 17.3 Å². The monoisotopic (exact) mass is 524 g/mol. The summed E-state index contributed by atoms with van der Waals surface area (Å²) in [7, 11) is 1.51. The van der Waals surface area contributed by atoms with Crippen LogP contribution >= 0.6 is 0 Å².